The smallest absolute Gasteiger partial charge is 0.243 e. The van der Waals surface area contributed by atoms with Crippen LogP contribution in [0.15, 0.2) is 21.5 Å². The van der Waals surface area contributed by atoms with E-state index in [0.717, 1.165) is 0 Å². The van der Waals surface area contributed by atoms with Gasteiger partial charge in [-0.2, -0.15) is 0 Å². The number of rotatable bonds is 4. The van der Waals surface area contributed by atoms with Crippen molar-refractivity contribution in [3.8, 4) is 0 Å². The molecular formula is C9H12BrFN2O2S. The highest BCUT2D eigenvalue weighted by molar-refractivity contribution is 9.10. The van der Waals surface area contributed by atoms with Gasteiger partial charge in [0.15, 0.2) is 0 Å². The maximum atomic E-state index is 13.8. The van der Waals surface area contributed by atoms with Gasteiger partial charge in [0.2, 0.25) is 10.0 Å². The minimum atomic E-state index is -3.77. The predicted octanol–water partition coefficient (Wildman–Crippen LogP) is 1.22. The molecule has 90 valence electrons. The molecule has 0 aliphatic rings. The van der Waals surface area contributed by atoms with Crippen LogP contribution in [0, 0.1) is 5.82 Å². The maximum Gasteiger partial charge on any atom is 0.243 e. The fourth-order valence-electron chi connectivity index (χ4n) is 1.24. The molecule has 7 heteroatoms. The third-order valence-corrected chi connectivity index (χ3v) is 3.88. The molecule has 0 amide bonds. The molecule has 0 bridgehead atoms. The molecule has 0 spiro atoms. The summed E-state index contributed by atoms with van der Waals surface area (Å²) >= 11 is 3.15. The summed E-state index contributed by atoms with van der Waals surface area (Å²) in [4.78, 5) is -0.352. The molecule has 0 aromatic heterocycles. The van der Waals surface area contributed by atoms with Crippen LogP contribution in [-0.4, -0.2) is 22.5 Å². The molecule has 1 rings (SSSR count). The number of halogens is 2. The number of hydrogen-bond donors (Lipinski definition) is 2. The third-order valence-electron chi connectivity index (χ3n) is 2.00. The standard InChI is InChI=1S/C9H12BrFN2O2S/c1-12-5-6-3-7(10)4-8(9(6)11)16(14,15)13-2/h3-4,12-13H,5H2,1-2H3. The van der Waals surface area contributed by atoms with Gasteiger partial charge in [0.25, 0.3) is 0 Å². The zero-order valence-electron chi connectivity index (χ0n) is 8.84. The van der Waals surface area contributed by atoms with Crippen LogP contribution in [0.1, 0.15) is 5.56 Å². The summed E-state index contributed by atoms with van der Waals surface area (Å²) in [7, 11) is -0.872. The first-order chi connectivity index (χ1) is 7.42. The summed E-state index contributed by atoms with van der Waals surface area (Å²) in [5, 5.41) is 2.77. The first-order valence-corrected chi connectivity index (χ1v) is 6.76. The Morgan fingerprint density at radius 1 is 1.38 bits per heavy atom. The zero-order chi connectivity index (χ0) is 12.3. The first kappa shape index (κ1) is 13.6. The van der Waals surface area contributed by atoms with Gasteiger partial charge in [-0.1, -0.05) is 15.9 Å². The lowest BCUT2D eigenvalue weighted by Gasteiger charge is -2.09. The largest absolute Gasteiger partial charge is 0.316 e. The summed E-state index contributed by atoms with van der Waals surface area (Å²) in [5.41, 5.74) is 0.297. The maximum absolute atomic E-state index is 13.8. The molecule has 0 aliphatic carbocycles. The second-order valence-electron chi connectivity index (χ2n) is 3.11. The van der Waals surface area contributed by atoms with Crippen molar-refractivity contribution in [2.45, 2.75) is 11.4 Å². The van der Waals surface area contributed by atoms with E-state index >= 15 is 0 Å². The zero-order valence-corrected chi connectivity index (χ0v) is 11.2. The highest BCUT2D eigenvalue weighted by atomic mass is 79.9. The Bertz CT molecular complexity index is 491. The van der Waals surface area contributed by atoms with E-state index in [9.17, 15) is 12.8 Å². The molecule has 0 radical (unpaired) electrons. The Labute approximate surface area is 102 Å². The lowest BCUT2D eigenvalue weighted by atomic mass is 10.2. The van der Waals surface area contributed by atoms with Gasteiger partial charge in [-0.3, -0.25) is 0 Å². The summed E-state index contributed by atoms with van der Waals surface area (Å²) in [6, 6.07) is 2.78. The lowest BCUT2D eigenvalue weighted by molar-refractivity contribution is 0.549. The van der Waals surface area contributed by atoms with Gasteiger partial charge < -0.3 is 5.32 Å². The van der Waals surface area contributed by atoms with Crippen molar-refractivity contribution in [3.05, 3.63) is 28.0 Å². The minimum absolute atomic E-state index is 0.261. The molecule has 0 unspecified atom stereocenters. The highest BCUT2D eigenvalue weighted by Gasteiger charge is 2.20. The molecule has 0 atom stereocenters. The van der Waals surface area contributed by atoms with Crippen LogP contribution >= 0.6 is 15.9 Å². The minimum Gasteiger partial charge on any atom is -0.316 e. The van der Waals surface area contributed by atoms with Crippen molar-refractivity contribution in [2.24, 2.45) is 0 Å². The average Bonchev–Trinajstić information content (AvgIpc) is 2.23. The molecule has 0 fully saturated rings. The normalized spacial score (nSPS) is 11.8. The van der Waals surface area contributed by atoms with Gasteiger partial charge in [-0.05, 0) is 26.2 Å². The third kappa shape index (κ3) is 2.79. The molecule has 16 heavy (non-hydrogen) atoms. The quantitative estimate of drug-likeness (QED) is 0.879. The van der Waals surface area contributed by atoms with E-state index in [2.05, 4.69) is 26.0 Å². The van der Waals surface area contributed by atoms with Crippen LogP contribution < -0.4 is 10.0 Å². The number of sulfonamides is 1. The molecule has 2 N–H and O–H groups in total. The summed E-state index contributed by atoms with van der Waals surface area (Å²) in [6.07, 6.45) is 0. The van der Waals surface area contributed by atoms with Crippen LogP contribution in [0.3, 0.4) is 0 Å². The fraction of sp³-hybridized carbons (Fsp3) is 0.333. The Morgan fingerprint density at radius 3 is 2.50 bits per heavy atom. The van der Waals surface area contributed by atoms with Crippen LogP contribution in [-0.2, 0) is 16.6 Å². The van der Waals surface area contributed by atoms with E-state index in [4.69, 9.17) is 0 Å². The van der Waals surface area contributed by atoms with Crippen LogP contribution in [0.2, 0.25) is 0 Å². The molecule has 0 saturated heterocycles. The molecule has 1 aromatic rings. The Balaban J connectivity index is 3.41. The van der Waals surface area contributed by atoms with Crippen molar-refractivity contribution in [1.29, 1.82) is 0 Å². The van der Waals surface area contributed by atoms with Gasteiger partial charge in [0.05, 0.1) is 0 Å². The van der Waals surface area contributed by atoms with Crippen molar-refractivity contribution in [3.63, 3.8) is 0 Å². The van der Waals surface area contributed by atoms with Crippen molar-refractivity contribution in [2.75, 3.05) is 14.1 Å². The summed E-state index contributed by atoms with van der Waals surface area (Å²) in [6.45, 7) is 0.261. The van der Waals surface area contributed by atoms with E-state index in [1.807, 2.05) is 0 Å². The SMILES string of the molecule is CNCc1cc(Br)cc(S(=O)(=O)NC)c1F. The average molecular weight is 311 g/mol. The van der Waals surface area contributed by atoms with E-state index in [1.54, 1.807) is 13.1 Å². The molecule has 4 nitrogen and oxygen atoms in total. The summed E-state index contributed by atoms with van der Waals surface area (Å²) < 4.78 is 39.5. The predicted molar refractivity (Wildman–Crippen MR) is 63.1 cm³/mol. The second-order valence-corrected chi connectivity index (χ2v) is 5.89. The van der Waals surface area contributed by atoms with E-state index < -0.39 is 15.8 Å². The molecule has 0 aliphatic heterocycles. The monoisotopic (exact) mass is 310 g/mol. The van der Waals surface area contributed by atoms with E-state index in [0.29, 0.717) is 10.0 Å². The van der Waals surface area contributed by atoms with Crippen LogP contribution in [0.25, 0.3) is 0 Å². The topological polar surface area (TPSA) is 58.2 Å². The molecule has 0 saturated carbocycles. The van der Waals surface area contributed by atoms with Gasteiger partial charge >= 0.3 is 0 Å². The van der Waals surface area contributed by atoms with E-state index in [-0.39, 0.29) is 11.4 Å². The number of nitrogens with one attached hydrogen (secondary N) is 2. The second kappa shape index (κ2) is 5.22. The highest BCUT2D eigenvalue weighted by Crippen LogP contribution is 2.23. The molecule has 0 heterocycles. The molecule has 1 aromatic carbocycles. The van der Waals surface area contributed by atoms with Gasteiger partial charge in [0, 0.05) is 16.6 Å². The number of benzene rings is 1. The van der Waals surface area contributed by atoms with Gasteiger partial charge in [-0.15, -0.1) is 0 Å². The Morgan fingerprint density at radius 2 is 2.00 bits per heavy atom. The first-order valence-electron chi connectivity index (χ1n) is 4.48. The van der Waals surface area contributed by atoms with Crippen molar-refractivity contribution < 1.29 is 12.8 Å². The van der Waals surface area contributed by atoms with Gasteiger partial charge in [-0.25, -0.2) is 17.5 Å². The molecular weight excluding hydrogens is 299 g/mol. The van der Waals surface area contributed by atoms with E-state index in [1.165, 1.54) is 13.1 Å². The summed E-state index contributed by atoms with van der Waals surface area (Å²) in [5.74, 6) is -0.730. The van der Waals surface area contributed by atoms with Crippen LogP contribution in [0.4, 0.5) is 4.39 Å². The fourth-order valence-corrected chi connectivity index (χ4v) is 2.77. The van der Waals surface area contributed by atoms with Crippen molar-refractivity contribution in [1.82, 2.24) is 10.0 Å². The lowest BCUT2D eigenvalue weighted by Crippen LogP contribution is -2.21. The van der Waals surface area contributed by atoms with Crippen molar-refractivity contribution >= 4 is 26.0 Å². The van der Waals surface area contributed by atoms with Crippen LogP contribution in [0.5, 0.6) is 0 Å². The number of hydrogen-bond acceptors (Lipinski definition) is 3. The Kier molecular flexibility index (Phi) is 4.43. The Hall–Kier alpha value is -0.500. The van der Waals surface area contributed by atoms with Gasteiger partial charge in [0.1, 0.15) is 10.7 Å².